The van der Waals surface area contributed by atoms with Crippen LogP contribution in [0.3, 0.4) is 0 Å². The van der Waals surface area contributed by atoms with Gasteiger partial charge in [-0.25, -0.2) is 4.98 Å². The van der Waals surface area contributed by atoms with E-state index < -0.39 is 0 Å². The second-order valence-electron chi connectivity index (χ2n) is 5.72. The van der Waals surface area contributed by atoms with Crippen molar-refractivity contribution in [3.05, 3.63) is 59.8 Å². The summed E-state index contributed by atoms with van der Waals surface area (Å²) in [6.45, 7) is 0.836. The molecule has 0 bridgehead atoms. The number of hydrogen-bond donors (Lipinski definition) is 1. The van der Waals surface area contributed by atoms with Gasteiger partial charge in [0.1, 0.15) is 11.9 Å². The fourth-order valence-electron chi connectivity index (χ4n) is 3.30. The zero-order chi connectivity index (χ0) is 14.5. The Morgan fingerprint density at radius 2 is 1.86 bits per heavy atom. The summed E-state index contributed by atoms with van der Waals surface area (Å²) in [6, 6.07) is 16.5. The van der Waals surface area contributed by atoms with Crippen molar-refractivity contribution in [2.24, 2.45) is 0 Å². The maximum absolute atomic E-state index is 9.16. The van der Waals surface area contributed by atoms with Gasteiger partial charge in [-0.1, -0.05) is 43.2 Å². The Balaban J connectivity index is 1.83. The van der Waals surface area contributed by atoms with Gasteiger partial charge in [0.05, 0.1) is 5.56 Å². The first-order valence-corrected chi connectivity index (χ1v) is 7.49. The molecule has 1 aromatic heterocycles. The van der Waals surface area contributed by atoms with Crippen LogP contribution >= 0.6 is 0 Å². The molecule has 1 aliphatic carbocycles. The van der Waals surface area contributed by atoms with Gasteiger partial charge in [-0.15, -0.1) is 0 Å². The van der Waals surface area contributed by atoms with Crippen molar-refractivity contribution < 1.29 is 0 Å². The Kier molecular flexibility index (Phi) is 3.87. The van der Waals surface area contributed by atoms with E-state index in [2.05, 4.69) is 46.7 Å². The molecule has 1 heterocycles. The highest BCUT2D eigenvalue weighted by Crippen LogP contribution is 2.41. The quantitative estimate of drug-likeness (QED) is 0.922. The molecule has 3 heteroatoms. The number of pyridine rings is 1. The van der Waals surface area contributed by atoms with Crippen LogP contribution < -0.4 is 5.32 Å². The molecule has 0 spiro atoms. The van der Waals surface area contributed by atoms with Crippen LogP contribution in [0.25, 0.3) is 0 Å². The summed E-state index contributed by atoms with van der Waals surface area (Å²) in [7, 11) is 0. The molecule has 3 rings (SSSR count). The zero-order valence-electron chi connectivity index (χ0n) is 12.0. The van der Waals surface area contributed by atoms with Gasteiger partial charge in [0.25, 0.3) is 0 Å². The third kappa shape index (κ3) is 2.75. The SMILES string of the molecule is N#Cc1cccnc1NCC1(c2ccccc2)CCCC1. The maximum atomic E-state index is 9.16. The average Bonchev–Trinajstić information content (AvgIpc) is 3.04. The van der Waals surface area contributed by atoms with Crippen molar-refractivity contribution in [2.45, 2.75) is 31.1 Å². The van der Waals surface area contributed by atoms with Crippen molar-refractivity contribution in [3.8, 4) is 6.07 Å². The van der Waals surface area contributed by atoms with E-state index in [1.807, 2.05) is 0 Å². The molecule has 3 nitrogen and oxygen atoms in total. The predicted octanol–water partition coefficient (Wildman–Crippen LogP) is 3.88. The van der Waals surface area contributed by atoms with Crippen LogP contribution in [0.5, 0.6) is 0 Å². The van der Waals surface area contributed by atoms with Crippen molar-refractivity contribution >= 4 is 5.82 Å². The molecule has 0 radical (unpaired) electrons. The van der Waals surface area contributed by atoms with Gasteiger partial charge in [-0.3, -0.25) is 0 Å². The monoisotopic (exact) mass is 277 g/mol. The maximum Gasteiger partial charge on any atom is 0.143 e. The molecule has 1 aliphatic rings. The first kappa shape index (κ1) is 13.6. The van der Waals surface area contributed by atoms with Crippen LogP contribution in [0.15, 0.2) is 48.7 Å². The normalized spacial score (nSPS) is 16.3. The summed E-state index contributed by atoms with van der Waals surface area (Å²) in [6.07, 6.45) is 6.65. The highest BCUT2D eigenvalue weighted by atomic mass is 15.0. The van der Waals surface area contributed by atoms with Crippen molar-refractivity contribution in [2.75, 3.05) is 11.9 Å². The summed E-state index contributed by atoms with van der Waals surface area (Å²) in [4.78, 5) is 4.30. The Bertz CT molecular complexity index is 637. The lowest BCUT2D eigenvalue weighted by Crippen LogP contribution is -2.31. The molecular formula is C18H19N3. The molecule has 1 aromatic carbocycles. The van der Waals surface area contributed by atoms with E-state index in [1.165, 1.54) is 31.2 Å². The van der Waals surface area contributed by atoms with E-state index in [0.717, 1.165) is 6.54 Å². The van der Waals surface area contributed by atoms with Gasteiger partial charge >= 0.3 is 0 Å². The second-order valence-corrected chi connectivity index (χ2v) is 5.72. The lowest BCUT2D eigenvalue weighted by Gasteiger charge is -2.30. The fraction of sp³-hybridized carbons (Fsp3) is 0.333. The summed E-state index contributed by atoms with van der Waals surface area (Å²) < 4.78 is 0. The minimum Gasteiger partial charge on any atom is -0.368 e. The molecule has 0 unspecified atom stereocenters. The number of nitriles is 1. The van der Waals surface area contributed by atoms with Crippen LogP contribution in [0, 0.1) is 11.3 Å². The van der Waals surface area contributed by atoms with E-state index in [1.54, 1.807) is 18.3 Å². The second kappa shape index (κ2) is 5.97. The van der Waals surface area contributed by atoms with Gasteiger partial charge in [0.15, 0.2) is 0 Å². The molecule has 0 atom stereocenters. The predicted molar refractivity (Wildman–Crippen MR) is 84.0 cm³/mol. The third-order valence-electron chi connectivity index (χ3n) is 4.47. The van der Waals surface area contributed by atoms with Crippen molar-refractivity contribution in [3.63, 3.8) is 0 Å². The minimum absolute atomic E-state index is 0.172. The number of hydrogen-bond acceptors (Lipinski definition) is 3. The van der Waals surface area contributed by atoms with Gasteiger partial charge < -0.3 is 5.32 Å². The molecule has 1 fully saturated rings. The molecule has 1 N–H and O–H groups in total. The highest BCUT2D eigenvalue weighted by molar-refractivity contribution is 5.51. The van der Waals surface area contributed by atoms with Crippen LogP contribution in [0.1, 0.15) is 36.8 Å². The average molecular weight is 277 g/mol. The van der Waals surface area contributed by atoms with Crippen LogP contribution in [0.2, 0.25) is 0 Å². The molecule has 21 heavy (non-hydrogen) atoms. The third-order valence-corrected chi connectivity index (χ3v) is 4.47. The van der Waals surface area contributed by atoms with E-state index in [4.69, 9.17) is 5.26 Å². The summed E-state index contributed by atoms with van der Waals surface area (Å²) in [5.74, 6) is 0.696. The van der Waals surface area contributed by atoms with Crippen LogP contribution in [0.4, 0.5) is 5.82 Å². The Labute approximate surface area is 125 Å². The first-order chi connectivity index (χ1) is 10.3. The van der Waals surface area contributed by atoms with E-state index in [0.29, 0.717) is 11.4 Å². The Morgan fingerprint density at radius 1 is 1.10 bits per heavy atom. The highest BCUT2D eigenvalue weighted by Gasteiger charge is 2.35. The standard InChI is InChI=1S/C18H19N3/c19-13-15-7-6-12-20-17(15)21-14-18(10-4-5-11-18)16-8-2-1-3-9-16/h1-3,6-9,12H,4-5,10-11,14H2,(H,20,21). The number of rotatable bonds is 4. The number of benzene rings is 1. The van der Waals surface area contributed by atoms with Crippen molar-refractivity contribution in [1.82, 2.24) is 4.98 Å². The lowest BCUT2D eigenvalue weighted by atomic mass is 9.79. The fourth-order valence-corrected chi connectivity index (χ4v) is 3.30. The molecule has 0 saturated heterocycles. The summed E-state index contributed by atoms with van der Waals surface area (Å²) in [5, 5.41) is 12.6. The molecule has 0 amide bonds. The molecule has 0 aliphatic heterocycles. The van der Waals surface area contributed by atoms with Gasteiger partial charge in [-0.2, -0.15) is 5.26 Å². The minimum atomic E-state index is 0.172. The van der Waals surface area contributed by atoms with E-state index >= 15 is 0 Å². The first-order valence-electron chi connectivity index (χ1n) is 7.49. The number of nitrogens with one attached hydrogen (secondary N) is 1. The number of aromatic nitrogens is 1. The molecular weight excluding hydrogens is 258 g/mol. The van der Waals surface area contributed by atoms with E-state index in [9.17, 15) is 0 Å². The van der Waals surface area contributed by atoms with Gasteiger partial charge in [0, 0.05) is 18.2 Å². The lowest BCUT2D eigenvalue weighted by molar-refractivity contribution is 0.466. The van der Waals surface area contributed by atoms with Crippen LogP contribution in [-0.2, 0) is 5.41 Å². The van der Waals surface area contributed by atoms with E-state index in [-0.39, 0.29) is 5.41 Å². The zero-order valence-corrected chi connectivity index (χ0v) is 12.0. The largest absolute Gasteiger partial charge is 0.368 e. The summed E-state index contributed by atoms with van der Waals surface area (Å²) in [5.41, 5.74) is 2.18. The van der Waals surface area contributed by atoms with Crippen LogP contribution in [-0.4, -0.2) is 11.5 Å². The number of anilines is 1. The topological polar surface area (TPSA) is 48.7 Å². The number of nitrogens with zero attached hydrogens (tertiary/aromatic N) is 2. The molecule has 1 saturated carbocycles. The van der Waals surface area contributed by atoms with Gasteiger partial charge in [-0.05, 0) is 30.5 Å². The van der Waals surface area contributed by atoms with Gasteiger partial charge in [0.2, 0.25) is 0 Å². The summed E-state index contributed by atoms with van der Waals surface area (Å²) >= 11 is 0. The Morgan fingerprint density at radius 3 is 2.57 bits per heavy atom. The van der Waals surface area contributed by atoms with Crippen molar-refractivity contribution in [1.29, 1.82) is 5.26 Å². The smallest absolute Gasteiger partial charge is 0.143 e. The Hall–Kier alpha value is -2.34. The molecule has 2 aromatic rings. The molecule has 106 valence electrons.